The van der Waals surface area contributed by atoms with Crippen molar-refractivity contribution in [2.45, 2.75) is 85.5 Å². The van der Waals surface area contributed by atoms with Gasteiger partial charge in [0.05, 0.1) is 19.8 Å². The number of aliphatic hydroxyl groups excluding tert-OH is 11. The van der Waals surface area contributed by atoms with Gasteiger partial charge in [-0.15, -0.1) is 0 Å². The molecule has 16 nitrogen and oxygen atoms in total. The van der Waals surface area contributed by atoms with E-state index in [2.05, 4.69) is 0 Å². The molecule has 3 saturated heterocycles. The minimum absolute atomic E-state index is 0.748. The first-order valence-corrected chi connectivity index (χ1v) is 10.6. The fraction of sp³-hybridized carbons (Fsp3) is 1.00. The minimum Gasteiger partial charge on any atom is -0.394 e. The zero-order chi connectivity index (χ0) is 25.4. The van der Waals surface area contributed by atoms with Gasteiger partial charge in [0.2, 0.25) is 5.79 Å². The Bertz CT molecular complexity index is 651. The van der Waals surface area contributed by atoms with Crippen molar-refractivity contribution in [3.8, 4) is 0 Å². The van der Waals surface area contributed by atoms with Crippen molar-refractivity contribution in [3.05, 3.63) is 0 Å². The van der Waals surface area contributed by atoms with E-state index in [1.165, 1.54) is 0 Å². The number of hydrogen-bond acceptors (Lipinski definition) is 16. The Morgan fingerprint density at radius 2 is 1.03 bits per heavy atom. The van der Waals surface area contributed by atoms with E-state index in [4.69, 9.17) is 23.7 Å². The van der Waals surface area contributed by atoms with Crippen LogP contribution in [0, 0.1) is 0 Å². The minimum atomic E-state index is -2.43. The fourth-order valence-corrected chi connectivity index (χ4v) is 4.02. The van der Waals surface area contributed by atoms with E-state index in [-0.39, 0.29) is 0 Å². The summed E-state index contributed by atoms with van der Waals surface area (Å²) in [6.07, 6.45) is -22.2. The highest BCUT2D eigenvalue weighted by Crippen LogP contribution is 2.37. The lowest BCUT2D eigenvalue weighted by atomic mass is 9.98. The molecule has 0 radical (unpaired) electrons. The third-order valence-corrected chi connectivity index (χ3v) is 6.15. The molecule has 0 aliphatic carbocycles. The first-order chi connectivity index (χ1) is 16.0. The molecule has 16 heteroatoms. The van der Waals surface area contributed by atoms with Crippen LogP contribution in [0.15, 0.2) is 0 Å². The van der Waals surface area contributed by atoms with Crippen LogP contribution in [-0.4, -0.2) is 168 Å². The van der Waals surface area contributed by atoms with Gasteiger partial charge in [0, 0.05) is 0 Å². The maximum absolute atomic E-state index is 10.6. The zero-order valence-electron chi connectivity index (χ0n) is 17.8. The fourth-order valence-electron chi connectivity index (χ4n) is 4.02. The SMILES string of the molecule is OC[C@H]1O[C@@](CO[C@H]2O[C@H](CO)[C@@H](O)[C@H](O)[C@H]2O)(O[C@H]2O[C@H](CO)[C@@H](O)[C@H](O)[C@H]2O)[C@@H](O)[C@@H]1O. The van der Waals surface area contributed by atoms with E-state index < -0.39 is 112 Å². The van der Waals surface area contributed by atoms with Crippen molar-refractivity contribution >= 4 is 0 Å². The molecule has 0 bridgehead atoms. The van der Waals surface area contributed by atoms with Crippen LogP contribution in [0.4, 0.5) is 0 Å². The van der Waals surface area contributed by atoms with Crippen molar-refractivity contribution < 1.29 is 79.9 Å². The summed E-state index contributed by atoms with van der Waals surface area (Å²) >= 11 is 0. The molecule has 0 spiro atoms. The third-order valence-electron chi connectivity index (χ3n) is 6.15. The Morgan fingerprint density at radius 3 is 1.50 bits per heavy atom. The monoisotopic (exact) mass is 504 g/mol. The van der Waals surface area contributed by atoms with Gasteiger partial charge in [-0.05, 0) is 0 Å². The highest BCUT2D eigenvalue weighted by molar-refractivity contribution is 4.99. The zero-order valence-corrected chi connectivity index (χ0v) is 17.8. The normalized spacial score (nSPS) is 52.1. The summed E-state index contributed by atoms with van der Waals surface area (Å²) in [5.41, 5.74) is 0. The molecule has 0 unspecified atom stereocenters. The summed E-state index contributed by atoms with van der Waals surface area (Å²) in [4.78, 5) is 0. The summed E-state index contributed by atoms with van der Waals surface area (Å²) in [6.45, 7) is -3.23. The molecule has 14 atom stereocenters. The first-order valence-electron chi connectivity index (χ1n) is 10.6. The lowest BCUT2D eigenvalue weighted by Gasteiger charge is -2.44. The molecule has 3 aliphatic heterocycles. The van der Waals surface area contributed by atoms with Gasteiger partial charge >= 0.3 is 0 Å². The highest BCUT2D eigenvalue weighted by atomic mass is 16.8. The molecule has 0 aromatic heterocycles. The van der Waals surface area contributed by atoms with Crippen LogP contribution in [0.25, 0.3) is 0 Å². The smallest absolute Gasteiger partial charge is 0.224 e. The molecule has 11 N–H and O–H groups in total. The van der Waals surface area contributed by atoms with Gasteiger partial charge in [0.1, 0.15) is 73.8 Å². The molecule has 3 heterocycles. The molecule has 3 aliphatic rings. The Kier molecular flexibility index (Phi) is 9.18. The first kappa shape index (κ1) is 27.9. The molecule has 0 amide bonds. The van der Waals surface area contributed by atoms with E-state index in [0.29, 0.717) is 0 Å². The second kappa shape index (κ2) is 11.2. The van der Waals surface area contributed by atoms with Gasteiger partial charge in [0.15, 0.2) is 12.6 Å². The van der Waals surface area contributed by atoms with E-state index in [1.807, 2.05) is 0 Å². The number of rotatable bonds is 8. The molecular weight excluding hydrogens is 472 g/mol. The van der Waals surface area contributed by atoms with Crippen molar-refractivity contribution in [1.82, 2.24) is 0 Å². The van der Waals surface area contributed by atoms with E-state index >= 15 is 0 Å². The quantitative estimate of drug-likeness (QED) is 0.146. The Labute approximate surface area is 192 Å². The van der Waals surface area contributed by atoms with Gasteiger partial charge in [-0.3, -0.25) is 0 Å². The van der Waals surface area contributed by atoms with Crippen LogP contribution in [0.1, 0.15) is 0 Å². The van der Waals surface area contributed by atoms with Gasteiger partial charge < -0.3 is 79.9 Å². The molecule has 0 aromatic rings. The van der Waals surface area contributed by atoms with Gasteiger partial charge in [-0.1, -0.05) is 0 Å². The average Bonchev–Trinajstić information content (AvgIpc) is 3.07. The van der Waals surface area contributed by atoms with Crippen molar-refractivity contribution in [2.75, 3.05) is 26.4 Å². The average molecular weight is 504 g/mol. The van der Waals surface area contributed by atoms with E-state index in [9.17, 15) is 56.2 Å². The van der Waals surface area contributed by atoms with Crippen LogP contribution in [0.5, 0.6) is 0 Å². The van der Waals surface area contributed by atoms with Gasteiger partial charge in [-0.25, -0.2) is 0 Å². The number of ether oxygens (including phenoxy) is 5. The summed E-state index contributed by atoms with van der Waals surface area (Å²) in [5, 5.41) is 109. The number of hydrogen-bond donors (Lipinski definition) is 11. The predicted octanol–water partition coefficient (Wildman–Crippen LogP) is -7.57. The van der Waals surface area contributed by atoms with E-state index in [0.717, 1.165) is 0 Å². The van der Waals surface area contributed by atoms with Crippen LogP contribution >= 0.6 is 0 Å². The highest BCUT2D eigenvalue weighted by Gasteiger charge is 2.59. The largest absolute Gasteiger partial charge is 0.394 e. The van der Waals surface area contributed by atoms with Crippen molar-refractivity contribution in [3.63, 3.8) is 0 Å². The standard InChI is InChI=1S/C18H32O16/c19-1-5-8(22)11(25)13(27)16(31-5)30-4-18(15(29)10(24)7(3-21)33-18)34-17-14(28)12(26)9(23)6(2-20)32-17/h5-17,19-29H,1-4H2/t5-,6-,7-,8-,9-,10-,11+,12+,13-,14-,15+,16+,17-,18+/m1/s1. The Morgan fingerprint density at radius 1 is 0.559 bits per heavy atom. The van der Waals surface area contributed by atoms with E-state index in [1.54, 1.807) is 0 Å². The Hall–Kier alpha value is -0.640. The molecule has 0 aromatic carbocycles. The summed E-state index contributed by atoms with van der Waals surface area (Å²) in [5.74, 6) is -2.43. The van der Waals surface area contributed by atoms with Crippen molar-refractivity contribution in [1.29, 1.82) is 0 Å². The lowest BCUT2D eigenvalue weighted by Crippen LogP contribution is -2.63. The molecule has 0 saturated carbocycles. The Balaban J connectivity index is 1.82. The second-order valence-corrected chi connectivity index (χ2v) is 8.41. The molecule has 3 rings (SSSR count). The maximum atomic E-state index is 10.6. The van der Waals surface area contributed by atoms with Crippen LogP contribution in [0.3, 0.4) is 0 Å². The second-order valence-electron chi connectivity index (χ2n) is 8.41. The van der Waals surface area contributed by atoms with Crippen LogP contribution in [0.2, 0.25) is 0 Å². The third kappa shape index (κ3) is 5.09. The maximum Gasteiger partial charge on any atom is 0.224 e. The summed E-state index contributed by atoms with van der Waals surface area (Å²) in [7, 11) is 0. The summed E-state index contributed by atoms with van der Waals surface area (Å²) in [6, 6.07) is 0. The van der Waals surface area contributed by atoms with Gasteiger partial charge in [-0.2, -0.15) is 0 Å². The predicted molar refractivity (Wildman–Crippen MR) is 101 cm³/mol. The molecular formula is C18H32O16. The molecule has 3 fully saturated rings. The van der Waals surface area contributed by atoms with Gasteiger partial charge in [0.25, 0.3) is 0 Å². The molecule has 34 heavy (non-hydrogen) atoms. The van der Waals surface area contributed by atoms with Crippen molar-refractivity contribution in [2.24, 2.45) is 0 Å². The van der Waals surface area contributed by atoms with Crippen LogP contribution in [-0.2, 0) is 23.7 Å². The summed E-state index contributed by atoms with van der Waals surface area (Å²) < 4.78 is 26.8. The number of aliphatic hydroxyl groups is 11. The molecule has 200 valence electrons. The van der Waals surface area contributed by atoms with Crippen LogP contribution < -0.4 is 0 Å². The topological polar surface area (TPSA) is 269 Å². The lowest BCUT2D eigenvalue weighted by molar-refractivity contribution is -0.397.